The monoisotopic (exact) mass is 568 g/mol. The molecule has 0 aliphatic carbocycles. The molecule has 0 unspecified atom stereocenters. The molecule has 0 aliphatic rings. The molecular formula is C29H17FN4O4S2. The van der Waals surface area contributed by atoms with Gasteiger partial charge in [-0.3, -0.25) is 4.79 Å². The van der Waals surface area contributed by atoms with Gasteiger partial charge in [0.25, 0.3) is 10.4 Å². The van der Waals surface area contributed by atoms with Crippen molar-refractivity contribution < 1.29 is 18.3 Å². The molecule has 0 bridgehead atoms. The van der Waals surface area contributed by atoms with Gasteiger partial charge in [0, 0.05) is 29.5 Å². The van der Waals surface area contributed by atoms with Crippen LogP contribution >= 0.6 is 23.6 Å². The number of thiazole rings is 1. The highest BCUT2D eigenvalue weighted by Crippen LogP contribution is 2.41. The van der Waals surface area contributed by atoms with Gasteiger partial charge < -0.3 is 13.9 Å². The Hall–Kier alpha value is -4.92. The number of ether oxygens (including phenoxy) is 2. The highest BCUT2D eigenvalue weighted by molar-refractivity contribution is 7.71. The smallest absolute Gasteiger partial charge is 0.290 e. The van der Waals surface area contributed by atoms with Gasteiger partial charge in [-0.05, 0) is 55.0 Å². The van der Waals surface area contributed by atoms with Crippen LogP contribution in [0, 0.1) is 28.9 Å². The van der Waals surface area contributed by atoms with Crippen LogP contribution < -0.4 is 15.0 Å². The Morgan fingerprint density at radius 3 is 2.67 bits per heavy atom. The van der Waals surface area contributed by atoms with E-state index in [1.807, 2.05) is 12.1 Å². The summed E-state index contributed by atoms with van der Waals surface area (Å²) in [5.74, 6) is 0.850. The zero-order valence-electron chi connectivity index (χ0n) is 21.0. The van der Waals surface area contributed by atoms with Crippen molar-refractivity contribution in [1.29, 1.82) is 5.26 Å². The van der Waals surface area contributed by atoms with Gasteiger partial charge in [-0.1, -0.05) is 29.5 Å². The SMILES string of the molecule is COc1ccnc2c(=O)n(-c3nc4cc(-c5ccccc5C#N)c(Oc5ccc(F)cc5C)cc4s3)c(=S)oc12. The molecule has 11 heteroatoms. The molecule has 0 fully saturated rings. The van der Waals surface area contributed by atoms with Crippen LogP contribution in [0.15, 0.2) is 76.1 Å². The minimum atomic E-state index is -0.502. The Labute approximate surface area is 235 Å². The maximum absolute atomic E-state index is 13.8. The van der Waals surface area contributed by atoms with E-state index in [1.165, 1.54) is 41.3 Å². The van der Waals surface area contributed by atoms with Gasteiger partial charge in [-0.25, -0.2) is 18.9 Å². The van der Waals surface area contributed by atoms with Crippen LogP contribution in [0.5, 0.6) is 17.2 Å². The zero-order valence-corrected chi connectivity index (χ0v) is 22.6. The Morgan fingerprint density at radius 2 is 1.90 bits per heavy atom. The zero-order chi connectivity index (χ0) is 28.0. The number of halogens is 1. The van der Waals surface area contributed by atoms with Crippen molar-refractivity contribution in [2.24, 2.45) is 0 Å². The van der Waals surface area contributed by atoms with Crippen molar-refractivity contribution in [3.8, 4) is 39.6 Å². The molecule has 0 amide bonds. The second kappa shape index (κ2) is 10.00. The van der Waals surface area contributed by atoms with Crippen LogP contribution in [0.25, 0.3) is 37.6 Å². The molecule has 8 nitrogen and oxygen atoms in total. The van der Waals surface area contributed by atoms with E-state index in [0.29, 0.717) is 49.7 Å². The molecule has 6 rings (SSSR count). The first-order valence-corrected chi connectivity index (χ1v) is 13.1. The minimum Gasteiger partial charge on any atom is -0.493 e. The van der Waals surface area contributed by atoms with E-state index >= 15 is 0 Å². The quantitative estimate of drug-likeness (QED) is 0.203. The van der Waals surface area contributed by atoms with Gasteiger partial charge in [0.2, 0.25) is 10.7 Å². The first-order valence-electron chi connectivity index (χ1n) is 11.8. The largest absolute Gasteiger partial charge is 0.493 e. The van der Waals surface area contributed by atoms with Gasteiger partial charge in [0.1, 0.15) is 17.3 Å². The van der Waals surface area contributed by atoms with Gasteiger partial charge in [-0.2, -0.15) is 5.26 Å². The van der Waals surface area contributed by atoms with E-state index in [0.717, 1.165) is 0 Å². The second-order valence-corrected chi connectivity index (χ2v) is 10.0. The lowest BCUT2D eigenvalue weighted by atomic mass is 9.99. The lowest BCUT2D eigenvalue weighted by Gasteiger charge is -2.14. The van der Waals surface area contributed by atoms with Crippen LogP contribution in [0.3, 0.4) is 0 Å². The van der Waals surface area contributed by atoms with E-state index in [4.69, 9.17) is 26.1 Å². The Balaban J connectivity index is 1.58. The average Bonchev–Trinajstić information content (AvgIpc) is 3.36. The number of methoxy groups -OCH3 is 1. The van der Waals surface area contributed by atoms with Crippen molar-refractivity contribution >= 4 is 44.9 Å². The summed E-state index contributed by atoms with van der Waals surface area (Å²) in [4.78, 5) is 22.2. The summed E-state index contributed by atoms with van der Waals surface area (Å²) in [5, 5.41) is 10.0. The molecular weight excluding hydrogens is 551 g/mol. The molecule has 0 N–H and O–H groups in total. The number of aromatic nitrogens is 3. The molecule has 3 heterocycles. The van der Waals surface area contributed by atoms with Crippen molar-refractivity contribution in [1.82, 2.24) is 14.5 Å². The summed E-state index contributed by atoms with van der Waals surface area (Å²) in [6.07, 6.45) is 1.45. The minimum absolute atomic E-state index is 0.0478. The molecule has 0 spiro atoms. The molecule has 0 radical (unpaired) electrons. The van der Waals surface area contributed by atoms with Crippen molar-refractivity contribution in [3.05, 3.63) is 99.0 Å². The highest BCUT2D eigenvalue weighted by atomic mass is 32.1. The summed E-state index contributed by atoms with van der Waals surface area (Å²) < 4.78 is 32.9. The number of fused-ring (bicyclic) bond motifs is 2. The normalized spacial score (nSPS) is 11.1. The first-order chi connectivity index (χ1) is 19.4. The van der Waals surface area contributed by atoms with E-state index in [1.54, 1.807) is 43.3 Å². The fraction of sp³-hybridized carbons (Fsp3) is 0.0690. The van der Waals surface area contributed by atoms with Gasteiger partial charge >= 0.3 is 0 Å². The molecule has 6 aromatic rings. The number of benzene rings is 3. The first kappa shape index (κ1) is 25.4. The second-order valence-electron chi connectivity index (χ2n) is 8.68. The third-order valence-corrected chi connectivity index (χ3v) is 7.50. The molecule has 40 heavy (non-hydrogen) atoms. The maximum Gasteiger partial charge on any atom is 0.290 e. The molecule has 0 saturated heterocycles. The fourth-order valence-electron chi connectivity index (χ4n) is 4.32. The van der Waals surface area contributed by atoms with Crippen molar-refractivity contribution in [2.75, 3.05) is 7.11 Å². The molecule has 0 saturated carbocycles. The fourth-order valence-corrected chi connectivity index (χ4v) is 5.61. The van der Waals surface area contributed by atoms with E-state index in [-0.39, 0.29) is 26.9 Å². The number of nitriles is 1. The van der Waals surface area contributed by atoms with E-state index in [2.05, 4.69) is 16.0 Å². The summed E-state index contributed by atoms with van der Waals surface area (Å²) in [7, 11) is 1.46. The molecule has 0 aliphatic heterocycles. The van der Waals surface area contributed by atoms with Crippen LogP contribution in [0.2, 0.25) is 0 Å². The summed E-state index contributed by atoms with van der Waals surface area (Å²) in [6.45, 7) is 1.74. The molecule has 3 aromatic heterocycles. The van der Waals surface area contributed by atoms with Crippen LogP contribution in [-0.2, 0) is 0 Å². The summed E-state index contributed by atoms with van der Waals surface area (Å²) >= 11 is 6.63. The maximum atomic E-state index is 13.8. The topological polar surface area (TPSA) is 103 Å². The van der Waals surface area contributed by atoms with Crippen molar-refractivity contribution in [3.63, 3.8) is 0 Å². The molecule has 0 atom stereocenters. The van der Waals surface area contributed by atoms with Crippen LogP contribution in [-0.4, -0.2) is 21.6 Å². The predicted molar refractivity (Wildman–Crippen MR) is 152 cm³/mol. The number of rotatable bonds is 5. The predicted octanol–water partition coefficient (Wildman–Crippen LogP) is 7.10. The van der Waals surface area contributed by atoms with Crippen LogP contribution in [0.4, 0.5) is 4.39 Å². The lowest BCUT2D eigenvalue weighted by molar-refractivity contribution is 0.404. The Morgan fingerprint density at radius 1 is 1.07 bits per heavy atom. The Kier molecular flexibility index (Phi) is 6.34. The number of hydrogen-bond donors (Lipinski definition) is 0. The number of nitrogens with zero attached hydrogens (tertiary/aromatic N) is 4. The molecule has 196 valence electrons. The van der Waals surface area contributed by atoms with E-state index < -0.39 is 5.56 Å². The molecule has 3 aromatic carbocycles. The standard InChI is InChI=1S/C29H17FN4O4S2/c1-15-11-17(30)7-8-21(15)37-23-13-24-20(12-19(23)18-6-4-3-5-16(18)14-31)33-28(40-24)34-27(35)25-26(38-29(34)39)22(36-2)9-10-32-25/h3-13H,1-2H3. The summed E-state index contributed by atoms with van der Waals surface area (Å²) in [6, 6.07) is 18.7. The number of aryl methyl sites for hydroxylation is 1. The van der Waals surface area contributed by atoms with E-state index in [9.17, 15) is 14.4 Å². The Bertz CT molecular complexity index is 2130. The lowest BCUT2D eigenvalue weighted by Crippen LogP contribution is -2.20. The highest BCUT2D eigenvalue weighted by Gasteiger charge is 2.20. The van der Waals surface area contributed by atoms with Gasteiger partial charge in [0.05, 0.1) is 29.0 Å². The third-order valence-electron chi connectivity index (χ3n) is 6.23. The van der Waals surface area contributed by atoms with Gasteiger partial charge in [0.15, 0.2) is 11.3 Å². The van der Waals surface area contributed by atoms with Crippen LogP contribution in [0.1, 0.15) is 11.1 Å². The van der Waals surface area contributed by atoms with Gasteiger partial charge in [-0.15, -0.1) is 0 Å². The third kappa shape index (κ3) is 4.29. The summed E-state index contributed by atoms with van der Waals surface area (Å²) in [5.41, 5.74) is 2.52. The average molecular weight is 569 g/mol. The number of hydrogen-bond acceptors (Lipinski definition) is 9. The number of pyridine rings is 1. The van der Waals surface area contributed by atoms with Crippen molar-refractivity contribution in [2.45, 2.75) is 6.92 Å².